The molecule has 4 nitrogen and oxygen atoms in total. The summed E-state index contributed by atoms with van der Waals surface area (Å²) in [5.41, 5.74) is 3.23. The molecule has 4 heteroatoms. The standard InChI is InChI=1S/C24H33NO3/c1-24-10-9-19-18-6-4-17(27-2)15-16(18)3-5-20(19)21(24)7-8-22(24)23(26)25-11-13-28-14-12-25/h4,6,15,19-22H,3,5,7-14H2,1-2H3/t19-,20-,21+,22+,24+/m1/s1. The third-order valence-electron chi connectivity index (χ3n) is 8.55. The van der Waals surface area contributed by atoms with Crippen LogP contribution in [0.5, 0.6) is 5.75 Å². The van der Waals surface area contributed by atoms with Gasteiger partial charge < -0.3 is 14.4 Å². The van der Waals surface area contributed by atoms with E-state index in [0.717, 1.165) is 37.6 Å². The molecule has 1 aliphatic heterocycles. The molecule has 1 aromatic carbocycles. The quantitative estimate of drug-likeness (QED) is 0.774. The van der Waals surface area contributed by atoms with Gasteiger partial charge in [-0.15, -0.1) is 0 Å². The number of morpholine rings is 1. The van der Waals surface area contributed by atoms with Gasteiger partial charge in [0.1, 0.15) is 5.75 Å². The smallest absolute Gasteiger partial charge is 0.226 e. The third kappa shape index (κ3) is 2.79. The Hall–Kier alpha value is -1.55. The molecular formula is C24H33NO3. The molecule has 1 aromatic rings. The number of fused-ring (bicyclic) bond motifs is 5. The number of ether oxygens (including phenoxy) is 2. The predicted octanol–water partition coefficient (Wildman–Crippen LogP) is 4.03. The van der Waals surface area contributed by atoms with Gasteiger partial charge in [0.2, 0.25) is 5.91 Å². The van der Waals surface area contributed by atoms with E-state index in [2.05, 4.69) is 30.0 Å². The number of carbonyl (C=O) groups is 1. The Morgan fingerprint density at radius 1 is 1.18 bits per heavy atom. The summed E-state index contributed by atoms with van der Waals surface area (Å²) in [6.07, 6.45) is 7.14. The summed E-state index contributed by atoms with van der Waals surface area (Å²) in [4.78, 5) is 15.4. The van der Waals surface area contributed by atoms with Crippen LogP contribution in [0.25, 0.3) is 0 Å². The first-order valence-electron chi connectivity index (χ1n) is 11.1. The van der Waals surface area contributed by atoms with Crippen molar-refractivity contribution in [2.24, 2.45) is 23.2 Å². The van der Waals surface area contributed by atoms with Crippen molar-refractivity contribution < 1.29 is 14.3 Å². The van der Waals surface area contributed by atoms with E-state index in [-0.39, 0.29) is 11.3 Å². The molecule has 1 amide bonds. The second-order valence-corrected chi connectivity index (χ2v) is 9.59. The van der Waals surface area contributed by atoms with Crippen LogP contribution in [0.3, 0.4) is 0 Å². The molecule has 0 radical (unpaired) electrons. The lowest BCUT2D eigenvalue weighted by atomic mass is 9.54. The molecule has 152 valence electrons. The fourth-order valence-electron chi connectivity index (χ4n) is 7.10. The number of carbonyl (C=O) groups excluding carboxylic acids is 1. The highest BCUT2D eigenvalue weighted by Gasteiger charge is 2.57. The first kappa shape index (κ1) is 18.5. The molecule has 2 saturated carbocycles. The zero-order chi connectivity index (χ0) is 19.3. The van der Waals surface area contributed by atoms with Crippen LogP contribution < -0.4 is 4.74 Å². The summed E-state index contributed by atoms with van der Waals surface area (Å²) >= 11 is 0. The summed E-state index contributed by atoms with van der Waals surface area (Å²) in [5, 5.41) is 0. The highest BCUT2D eigenvalue weighted by atomic mass is 16.5. The Labute approximate surface area is 168 Å². The molecule has 3 fully saturated rings. The zero-order valence-corrected chi connectivity index (χ0v) is 17.3. The molecule has 3 aliphatic carbocycles. The molecule has 1 heterocycles. The molecule has 0 unspecified atom stereocenters. The minimum absolute atomic E-state index is 0.181. The molecule has 0 aromatic heterocycles. The highest BCUT2D eigenvalue weighted by molar-refractivity contribution is 5.80. The second-order valence-electron chi connectivity index (χ2n) is 9.59. The number of hydrogen-bond acceptors (Lipinski definition) is 3. The van der Waals surface area contributed by atoms with Gasteiger partial charge in [0.05, 0.1) is 20.3 Å². The first-order valence-corrected chi connectivity index (χ1v) is 11.1. The fourth-order valence-corrected chi connectivity index (χ4v) is 7.10. The Kier molecular flexibility index (Phi) is 4.65. The summed E-state index contributed by atoms with van der Waals surface area (Å²) < 4.78 is 10.9. The summed E-state index contributed by atoms with van der Waals surface area (Å²) in [5.74, 6) is 3.71. The van der Waals surface area contributed by atoms with E-state index in [4.69, 9.17) is 9.47 Å². The summed E-state index contributed by atoms with van der Waals surface area (Å²) in [6.45, 7) is 5.38. The van der Waals surface area contributed by atoms with E-state index < -0.39 is 0 Å². The molecule has 0 spiro atoms. The third-order valence-corrected chi connectivity index (χ3v) is 8.55. The number of hydrogen-bond donors (Lipinski definition) is 0. The van der Waals surface area contributed by atoms with Crippen LogP contribution in [0.4, 0.5) is 0 Å². The molecule has 0 N–H and O–H groups in total. The molecule has 5 atom stereocenters. The van der Waals surface area contributed by atoms with E-state index in [1.54, 1.807) is 12.7 Å². The van der Waals surface area contributed by atoms with E-state index in [1.807, 2.05) is 0 Å². The lowest BCUT2D eigenvalue weighted by molar-refractivity contribution is -0.145. The molecule has 0 bridgehead atoms. The van der Waals surface area contributed by atoms with Gasteiger partial charge in [-0.3, -0.25) is 4.79 Å². The minimum Gasteiger partial charge on any atom is -0.497 e. The van der Waals surface area contributed by atoms with Crippen LogP contribution in [0, 0.1) is 23.2 Å². The lowest BCUT2D eigenvalue weighted by Gasteiger charge is -2.51. The van der Waals surface area contributed by atoms with Crippen LogP contribution in [0.15, 0.2) is 18.2 Å². The zero-order valence-electron chi connectivity index (χ0n) is 17.3. The van der Waals surface area contributed by atoms with Gasteiger partial charge in [-0.2, -0.15) is 0 Å². The van der Waals surface area contributed by atoms with Crippen molar-refractivity contribution in [3.63, 3.8) is 0 Å². The Morgan fingerprint density at radius 3 is 2.79 bits per heavy atom. The summed E-state index contributed by atoms with van der Waals surface area (Å²) in [6, 6.07) is 6.70. The molecule has 5 rings (SSSR count). The van der Waals surface area contributed by atoms with Crippen molar-refractivity contribution in [3.8, 4) is 5.75 Å². The molecule has 1 saturated heterocycles. The number of methoxy groups -OCH3 is 1. The molecule has 28 heavy (non-hydrogen) atoms. The average molecular weight is 384 g/mol. The second kappa shape index (κ2) is 7.05. The van der Waals surface area contributed by atoms with Gasteiger partial charge in [0, 0.05) is 19.0 Å². The van der Waals surface area contributed by atoms with Crippen LogP contribution in [-0.2, 0) is 16.0 Å². The minimum atomic E-state index is 0.181. The van der Waals surface area contributed by atoms with E-state index in [1.165, 1.54) is 31.2 Å². The van der Waals surface area contributed by atoms with Gasteiger partial charge in [-0.1, -0.05) is 13.0 Å². The average Bonchev–Trinajstić information content (AvgIpc) is 3.10. The van der Waals surface area contributed by atoms with Gasteiger partial charge in [0.15, 0.2) is 0 Å². The number of benzene rings is 1. The Morgan fingerprint density at radius 2 is 2.00 bits per heavy atom. The maximum atomic E-state index is 13.3. The fraction of sp³-hybridized carbons (Fsp3) is 0.708. The van der Waals surface area contributed by atoms with E-state index in [0.29, 0.717) is 31.0 Å². The van der Waals surface area contributed by atoms with Gasteiger partial charge in [-0.05, 0) is 85.0 Å². The van der Waals surface area contributed by atoms with Crippen molar-refractivity contribution in [1.82, 2.24) is 4.90 Å². The first-order chi connectivity index (χ1) is 13.6. The topological polar surface area (TPSA) is 38.8 Å². The largest absolute Gasteiger partial charge is 0.497 e. The van der Waals surface area contributed by atoms with Crippen molar-refractivity contribution in [2.45, 2.75) is 51.4 Å². The summed E-state index contributed by atoms with van der Waals surface area (Å²) in [7, 11) is 1.75. The van der Waals surface area contributed by atoms with Crippen LogP contribution in [0.2, 0.25) is 0 Å². The highest BCUT2D eigenvalue weighted by Crippen LogP contribution is 2.63. The molecule has 4 aliphatic rings. The van der Waals surface area contributed by atoms with Gasteiger partial charge in [-0.25, -0.2) is 0 Å². The number of rotatable bonds is 2. The van der Waals surface area contributed by atoms with Gasteiger partial charge in [0.25, 0.3) is 0 Å². The van der Waals surface area contributed by atoms with Crippen molar-refractivity contribution >= 4 is 5.91 Å². The van der Waals surface area contributed by atoms with Crippen molar-refractivity contribution in [1.29, 1.82) is 0 Å². The van der Waals surface area contributed by atoms with Gasteiger partial charge >= 0.3 is 0 Å². The van der Waals surface area contributed by atoms with E-state index in [9.17, 15) is 4.79 Å². The predicted molar refractivity (Wildman–Crippen MR) is 109 cm³/mol. The van der Waals surface area contributed by atoms with E-state index >= 15 is 0 Å². The maximum absolute atomic E-state index is 13.3. The number of amides is 1. The molecular weight excluding hydrogens is 350 g/mol. The van der Waals surface area contributed by atoms with Crippen LogP contribution in [0.1, 0.15) is 56.1 Å². The lowest BCUT2D eigenvalue weighted by Crippen LogP contribution is -2.49. The number of aryl methyl sites for hydroxylation is 1. The monoisotopic (exact) mass is 383 g/mol. The normalized spacial score (nSPS) is 37.0. The van der Waals surface area contributed by atoms with Crippen LogP contribution in [-0.4, -0.2) is 44.2 Å². The van der Waals surface area contributed by atoms with Crippen molar-refractivity contribution in [3.05, 3.63) is 29.3 Å². The van der Waals surface area contributed by atoms with Crippen LogP contribution >= 0.6 is 0 Å². The number of nitrogens with zero attached hydrogens (tertiary/aromatic N) is 1. The Balaban J connectivity index is 1.38. The van der Waals surface area contributed by atoms with Crippen molar-refractivity contribution in [2.75, 3.05) is 33.4 Å². The SMILES string of the molecule is COc1ccc2c(c1)CC[C@@H]1[C@@H]2CC[C@]2(C)[C@H](C(=O)N3CCOCC3)CC[C@@H]12. The maximum Gasteiger partial charge on any atom is 0.226 e. The Bertz CT molecular complexity index is 756.